The lowest BCUT2D eigenvalue weighted by Gasteiger charge is -2.33. The van der Waals surface area contributed by atoms with E-state index in [9.17, 15) is 18.0 Å². The van der Waals surface area contributed by atoms with Gasteiger partial charge in [-0.3, -0.25) is 4.90 Å². The summed E-state index contributed by atoms with van der Waals surface area (Å²) in [5.74, 6) is -0.253. The number of ether oxygens (including phenoxy) is 1. The van der Waals surface area contributed by atoms with Crippen molar-refractivity contribution >= 4 is 24.3 Å². The number of hydrogen-bond acceptors (Lipinski definition) is 5. The number of hydrogen-bond donors (Lipinski definition) is 1. The second kappa shape index (κ2) is 10.4. The summed E-state index contributed by atoms with van der Waals surface area (Å²) < 4.78 is 48.7. The highest BCUT2D eigenvalue weighted by atomic mass is 35.5. The van der Waals surface area contributed by atoms with Gasteiger partial charge in [-0.15, -0.1) is 12.4 Å². The Kier molecular flexibility index (Phi) is 8.36. The number of carbonyl (C=O) groups excluding carboxylic acids is 1. The van der Waals surface area contributed by atoms with Crippen LogP contribution in [0.25, 0.3) is 0 Å². The van der Waals surface area contributed by atoms with Crippen LogP contribution in [0.5, 0.6) is 0 Å². The number of esters is 1. The van der Waals surface area contributed by atoms with E-state index in [-0.39, 0.29) is 30.2 Å². The van der Waals surface area contributed by atoms with Gasteiger partial charge >= 0.3 is 12.1 Å². The minimum Gasteiger partial charge on any atom is -0.463 e. The minimum atomic E-state index is -4.57. The molecule has 0 spiro atoms. The van der Waals surface area contributed by atoms with Crippen LogP contribution in [-0.2, 0) is 22.3 Å². The lowest BCUT2D eigenvalue weighted by atomic mass is 9.91. The Balaban J connectivity index is 0.00000363. The molecule has 1 N–H and O–H groups in total. The molecule has 6 nitrogen and oxygen atoms in total. The number of halogens is 4. The van der Waals surface area contributed by atoms with Gasteiger partial charge in [0.2, 0.25) is 5.95 Å². The summed E-state index contributed by atoms with van der Waals surface area (Å²) in [6.45, 7) is 9.49. The molecule has 1 aromatic carbocycles. The molecule has 2 heterocycles. The molecule has 1 unspecified atom stereocenters. The average molecular weight is 473 g/mol. The Morgan fingerprint density at radius 3 is 2.47 bits per heavy atom. The molecule has 0 radical (unpaired) electrons. The van der Waals surface area contributed by atoms with E-state index in [1.165, 1.54) is 12.1 Å². The molecule has 0 fully saturated rings. The Morgan fingerprint density at radius 2 is 1.88 bits per heavy atom. The molecule has 1 aliphatic rings. The third kappa shape index (κ3) is 4.94. The Bertz CT molecular complexity index is 984. The molecule has 0 aliphatic carbocycles. The number of fused-ring (bicyclic) bond motifs is 1. The molecule has 0 saturated carbocycles. The average Bonchev–Trinajstić information content (AvgIpc) is 3.12. The van der Waals surface area contributed by atoms with E-state index < -0.39 is 23.8 Å². The monoisotopic (exact) mass is 472 g/mol. The number of aromatic nitrogens is 2. The molecule has 176 valence electrons. The fourth-order valence-corrected chi connectivity index (χ4v) is 3.90. The quantitative estimate of drug-likeness (QED) is 0.573. The van der Waals surface area contributed by atoms with Crippen LogP contribution in [0.1, 0.15) is 50.6 Å². The predicted molar refractivity (Wildman–Crippen MR) is 119 cm³/mol. The number of anilines is 1. The summed E-state index contributed by atoms with van der Waals surface area (Å²) >= 11 is 0. The van der Waals surface area contributed by atoms with Gasteiger partial charge in [0.1, 0.15) is 0 Å². The van der Waals surface area contributed by atoms with Crippen molar-refractivity contribution in [1.29, 1.82) is 0 Å². The van der Waals surface area contributed by atoms with Gasteiger partial charge in [-0.2, -0.15) is 13.2 Å². The second-order valence-electron chi connectivity index (χ2n) is 7.28. The number of nitrogens with one attached hydrogen (secondary N) is 1. The first kappa shape index (κ1) is 25.7. The summed E-state index contributed by atoms with van der Waals surface area (Å²) in [5, 5.41) is 3.07. The third-order valence-electron chi connectivity index (χ3n) is 5.44. The summed E-state index contributed by atoms with van der Waals surface area (Å²) in [7, 11) is 0. The van der Waals surface area contributed by atoms with Crippen LogP contribution >= 0.6 is 12.4 Å². The zero-order chi connectivity index (χ0) is 22.8. The number of imidazole rings is 1. The number of benzene rings is 1. The van der Waals surface area contributed by atoms with Crippen LogP contribution in [0.15, 0.2) is 41.7 Å². The van der Waals surface area contributed by atoms with Crippen LogP contribution < -0.4 is 5.32 Å². The molecule has 0 saturated heterocycles. The van der Waals surface area contributed by atoms with E-state index in [1.807, 2.05) is 13.8 Å². The fourth-order valence-electron chi connectivity index (χ4n) is 3.90. The third-order valence-corrected chi connectivity index (χ3v) is 5.44. The van der Waals surface area contributed by atoms with E-state index in [4.69, 9.17) is 4.74 Å². The summed E-state index contributed by atoms with van der Waals surface area (Å²) in [6, 6.07) is 4.33. The van der Waals surface area contributed by atoms with E-state index in [2.05, 4.69) is 15.2 Å². The first-order chi connectivity index (χ1) is 14.7. The van der Waals surface area contributed by atoms with E-state index in [0.29, 0.717) is 23.9 Å². The molecule has 1 aromatic heterocycles. The lowest BCUT2D eigenvalue weighted by Crippen LogP contribution is -2.32. The Morgan fingerprint density at radius 1 is 1.22 bits per heavy atom. The maximum Gasteiger partial charge on any atom is 0.416 e. The molecular formula is C22H28ClF3N4O2. The second-order valence-corrected chi connectivity index (χ2v) is 7.28. The maximum atomic E-state index is 13.9. The zero-order valence-electron chi connectivity index (χ0n) is 18.5. The van der Waals surface area contributed by atoms with Crippen molar-refractivity contribution in [3.8, 4) is 0 Å². The lowest BCUT2D eigenvalue weighted by molar-refractivity contribution is -0.141. The van der Waals surface area contributed by atoms with Crippen molar-refractivity contribution in [2.45, 2.75) is 46.5 Å². The van der Waals surface area contributed by atoms with Crippen LogP contribution in [0.4, 0.5) is 19.1 Å². The standard InChI is InChI=1S/C22H27F3N4O2.ClH/c1-5-28(6-2)13-15-12-26-21-27-14(4)18(20(30)31-7-3)19(29(15)21)16-10-8-9-11-17(16)22(23,24)25;/h8-12,19H,5-7,13H2,1-4H3,(H,26,27);1H. The zero-order valence-corrected chi connectivity index (χ0v) is 19.3. The van der Waals surface area contributed by atoms with Gasteiger partial charge in [-0.1, -0.05) is 32.0 Å². The van der Waals surface area contributed by atoms with Crippen molar-refractivity contribution < 1.29 is 22.7 Å². The van der Waals surface area contributed by atoms with Crippen molar-refractivity contribution in [3.63, 3.8) is 0 Å². The Labute approximate surface area is 191 Å². The molecule has 1 aliphatic heterocycles. The predicted octanol–water partition coefficient (Wildman–Crippen LogP) is 5.02. The number of allylic oxidation sites excluding steroid dienone is 1. The highest BCUT2D eigenvalue weighted by molar-refractivity contribution is 5.92. The number of nitrogens with zero attached hydrogens (tertiary/aromatic N) is 3. The van der Waals surface area contributed by atoms with E-state index >= 15 is 0 Å². The topological polar surface area (TPSA) is 59.4 Å². The molecule has 2 aromatic rings. The highest BCUT2D eigenvalue weighted by Crippen LogP contribution is 2.43. The van der Waals surface area contributed by atoms with Crippen LogP contribution in [-0.4, -0.2) is 40.1 Å². The van der Waals surface area contributed by atoms with Gasteiger partial charge in [0.05, 0.1) is 35.7 Å². The number of alkyl halides is 3. The number of carbonyl (C=O) groups is 1. The fraction of sp³-hybridized carbons (Fsp3) is 0.455. The maximum absolute atomic E-state index is 13.9. The van der Waals surface area contributed by atoms with E-state index in [1.54, 1.807) is 30.7 Å². The van der Waals surface area contributed by atoms with Gasteiger partial charge in [-0.25, -0.2) is 9.78 Å². The first-order valence-corrected chi connectivity index (χ1v) is 10.3. The summed E-state index contributed by atoms with van der Waals surface area (Å²) in [4.78, 5) is 19.4. The van der Waals surface area contributed by atoms with Crippen molar-refractivity contribution in [2.75, 3.05) is 25.0 Å². The van der Waals surface area contributed by atoms with Gasteiger partial charge in [0.25, 0.3) is 0 Å². The largest absolute Gasteiger partial charge is 0.463 e. The van der Waals surface area contributed by atoms with Crippen molar-refractivity contribution in [3.05, 3.63) is 58.6 Å². The van der Waals surface area contributed by atoms with Gasteiger partial charge in [0.15, 0.2) is 0 Å². The summed E-state index contributed by atoms with van der Waals surface area (Å²) in [6.07, 6.45) is -2.93. The SMILES string of the molecule is CCOC(=O)C1=C(C)Nc2ncc(CN(CC)CC)n2C1c1ccccc1C(F)(F)F.Cl. The van der Waals surface area contributed by atoms with Crippen LogP contribution in [0.3, 0.4) is 0 Å². The normalized spacial score (nSPS) is 15.8. The smallest absolute Gasteiger partial charge is 0.416 e. The van der Waals surface area contributed by atoms with Crippen molar-refractivity contribution in [2.24, 2.45) is 0 Å². The van der Waals surface area contributed by atoms with Gasteiger partial charge < -0.3 is 14.6 Å². The molecule has 1 atom stereocenters. The molecule has 32 heavy (non-hydrogen) atoms. The molecule has 0 bridgehead atoms. The Hall–Kier alpha value is -2.52. The van der Waals surface area contributed by atoms with Crippen molar-refractivity contribution in [1.82, 2.24) is 14.5 Å². The minimum absolute atomic E-state index is 0. The highest BCUT2D eigenvalue weighted by Gasteiger charge is 2.41. The molecule has 10 heteroatoms. The van der Waals surface area contributed by atoms with Gasteiger partial charge in [-0.05, 0) is 38.6 Å². The molecular weight excluding hydrogens is 445 g/mol. The van der Waals surface area contributed by atoms with E-state index in [0.717, 1.165) is 19.2 Å². The van der Waals surface area contributed by atoms with Crippen LogP contribution in [0, 0.1) is 0 Å². The first-order valence-electron chi connectivity index (χ1n) is 10.3. The number of rotatable bonds is 7. The molecule has 0 amide bonds. The van der Waals surface area contributed by atoms with Gasteiger partial charge in [0, 0.05) is 12.2 Å². The molecule has 3 rings (SSSR count). The summed E-state index contributed by atoms with van der Waals surface area (Å²) in [5.41, 5.74) is 0.476. The van der Waals surface area contributed by atoms with Crippen LogP contribution in [0.2, 0.25) is 0 Å².